The number of aliphatic hydroxyl groups excluding tert-OH is 1. The van der Waals surface area contributed by atoms with Crippen LogP contribution in [0, 0.1) is 5.82 Å². The van der Waals surface area contributed by atoms with E-state index in [2.05, 4.69) is 5.32 Å². The number of nitrogens with zero attached hydrogens (tertiary/aromatic N) is 1. The van der Waals surface area contributed by atoms with Gasteiger partial charge in [-0.1, -0.05) is 0 Å². The molecular formula is C13H18FN3O2. The molecule has 4 N–H and O–H groups in total. The first-order chi connectivity index (χ1) is 9.10. The van der Waals surface area contributed by atoms with Crippen LogP contribution in [-0.4, -0.2) is 36.8 Å². The predicted octanol–water partition coefficient (Wildman–Crippen LogP) is 0.684. The monoisotopic (exact) mass is 267 g/mol. The summed E-state index contributed by atoms with van der Waals surface area (Å²) in [6.07, 6.45) is 1.12. The maximum atomic E-state index is 13.8. The van der Waals surface area contributed by atoms with Crippen LogP contribution in [-0.2, 0) is 4.79 Å². The lowest BCUT2D eigenvalue weighted by Gasteiger charge is -2.31. The van der Waals surface area contributed by atoms with Crippen molar-refractivity contribution in [2.45, 2.75) is 18.9 Å². The predicted molar refractivity (Wildman–Crippen MR) is 71.5 cm³/mol. The minimum atomic E-state index is -0.481. The second-order valence-corrected chi connectivity index (χ2v) is 4.63. The first-order valence-electron chi connectivity index (χ1n) is 6.32. The number of aliphatic hydroxyl groups is 1. The van der Waals surface area contributed by atoms with Gasteiger partial charge in [0, 0.05) is 18.8 Å². The number of halogens is 1. The highest BCUT2D eigenvalue weighted by Gasteiger charge is 2.18. The van der Waals surface area contributed by atoms with Gasteiger partial charge in [0.1, 0.15) is 5.82 Å². The van der Waals surface area contributed by atoms with Crippen LogP contribution < -0.4 is 16.0 Å². The van der Waals surface area contributed by atoms with E-state index < -0.39 is 11.7 Å². The zero-order chi connectivity index (χ0) is 13.8. The number of benzene rings is 1. The largest absolute Gasteiger partial charge is 0.393 e. The van der Waals surface area contributed by atoms with Gasteiger partial charge in [-0.15, -0.1) is 0 Å². The van der Waals surface area contributed by atoms with Crippen LogP contribution in [0.1, 0.15) is 12.8 Å². The molecule has 1 fully saturated rings. The van der Waals surface area contributed by atoms with Gasteiger partial charge in [-0.05, 0) is 31.0 Å². The van der Waals surface area contributed by atoms with Crippen molar-refractivity contribution in [1.29, 1.82) is 0 Å². The van der Waals surface area contributed by atoms with Crippen molar-refractivity contribution in [1.82, 2.24) is 0 Å². The van der Waals surface area contributed by atoms with E-state index in [1.807, 2.05) is 4.90 Å². The van der Waals surface area contributed by atoms with E-state index >= 15 is 0 Å². The molecule has 2 rings (SSSR count). The minimum absolute atomic E-state index is 0.135. The van der Waals surface area contributed by atoms with Crippen LogP contribution in [0.5, 0.6) is 0 Å². The first kappa shape index (κ1) is 13.8. The number of piperidine rings is 1. The Bertz CT molecular complexity index is 459. The number of carbonyl (C=O) groups excluding carboxylic acids is 1. The average molecular weight is 267 g/mol. The van der Waals surface area contributed by atoms with Crippen LogP contribution in [0.25, 0.3) is 0 Å². The Balaban J connectivity index is 2.08. The summed E-state index contributed by atoms with van der Waals surface area (Å²) in [6, 6.07) is 4.68. The van der Waals surface area contributed by atoms with Crippen LogP contribution in [0.3, 0.4) is 0 Å². The zero-order valence-electron chi connectivity index (χ0n) is 10.6. The number of nitrogens with one attached hydrogen (secondary N) is 1. The van der Waals surface area contributed by atoms with Crippen LogP contribution >= 0.6 is 0 Å². The number of amides is 1. The molecule has 0 bridgehead atoms. The van der Waals surface area contributed by atoms with Gasteiger partial charge in [0.2, 0.25) is 5.91 Å². The summed E-state index contributed by atoms with van der Waals surface area (Å²) in [5.74, 6) is -0.904. The maximum Gasteiger partial charge on any atom is 0.238 e. The quantitative estimate of drug-likeness (QED) is 0.752. The molecule has 1 aliphatic heterocycles. The second-order valence-electron chi connectivity index (χ2n) is 4.63. The van der Waals surface area contributed by atoms with Gasteiger partial charge in [0.05, 0.1) is 18.3 Å². The standard InChI is InChI=1S/C13H18FN3O2/c14-11-7-9(17-5-3-10(18)4-6-17)1-2-12(11)16-13(19)8-15/h1-2,7,10,18H,3-6,8,15H2,(H,16,19). The number of nitrogens with two attached hydrogens (primary N) is 1. The van der Waals surface area contributed by atoms with E-state index in [-0.39, 0.29) is 18.3 Å². The zero-order valence-corrected chi connectivity index (χ0v) is 10.6. The highest BCUT2D eigenvalue weighted by Crippen LogP contribution is 2.24. The molecule has 1 aromatic carbocycles. The number of rotatable bonds is 3. The van der Waals surface area contributed by atoms with E-state index in [0.29, 0.717) is 25.9 Å². The maximum absolute atomic E-state index is 13.8. The topological polar surface area (TPSA) is 78.6 Å². The van der Waals surface area contributed by atoms with Crippen molar-refractivity contribution in [2.24, 2.45) is 5.73 Å². The summed E-state index contributed by atoms with van der Waals surface area (Å²) in [6.45, 7) is 1.23. The van der Waals surface area contributed by atoms with Crippen molar-refractivity contribution >= 4 is 17.3 Å². The van der Waals surface area contributed by atoms with Gasteiger partial charge in [0.15, 0.2) is 0 Å². The molecule has 1 heterocycles. The molecule has 0 aromatic heterocycles. The number of hydrogen-bond donors (Lipinski definition) is 3. The van der Waals surface area contributed by atoms with Gasteiger partial charge < -0.3 is 21.1 Å². The van der Waals surface area contributed by atoms with E-state index in [0.717, 1.165) is 5.69 Å². The molecule has 1 aliphatic rings. The fraction of sp³-hybridized carbons (Fsp3) is 0.462. The Morgan fingerprint density at radius 2 is 2.16 bits per heavy atom. The van der Waals surface area contributed by atoms with Gasteiger partial charge >= 0.3 is 0 Å². The molecule has 0 radical (unpaired) electrons. The first-order valence-corrected chi connectivity index (χ1v) is 6.32. The summed E-state index contributed by atoms with van der Waals surface area (Å²) in [4.78, 5) is 13.1. The molecule has 0 unspecified atom stereocenters. The second kappa shape index (κ2) is 5.99. The highest BCUT2D eigenvalue weighted by atomic mass is 19.1. The number of anilines is 2. The molecule has 0 saturated carbocycles. The Hall–Kier alpha value is -1.66. The lowest BCUT2D eigenvalue weighted by molar-refractivity contribution is -0.114. The van der Waals surface area contributed by atoms with Crippen molar-refractivity contribution < 1.29 is 14.3 Å². The summed E-state index contributed by atoms with van der Waals surface area (Å²) >= 11 is 0. The Morgan fingerprint density at radius 1 is 1.47 bits per heavy atom. The molecule has 0 atom stereocenters. The average Bonchev–Trinajstić information content (AvgIpc) is 2.41. The highest BCUT2D eigenvalue weighted by molar-refractivity contribution is 5.92. The SMILES string of the molecule is NCC(=O)Nc1ccc(N2CCC(O)CC2)cc1F. The Morgan fingerprint density at radius 3 is 2.74 bits per heavy atom. The van der Waals surface area contributed by atoms with E-state index in [4.69, 9.17) is 5.73 Å². The van der Waals surface area contributed by atoms with Crippen molar-refractivity contribution in [2.75, 3.05) is 29.9 Å². The molecule has 1 aromatic rings. The Kier molecular flexibility index (Phi) is 4.34. The molecule has 19 heavy (non-hydrogen) atoms. The van der Waals surface area contributed by atoms with Gasteiger partial charge in [-0.2, -0.15) is 0 Å². The fourth-order valence-electron chi connectivity index (χ4n) is 2.13. The number of hydrogen-bond acceptors (Lipinski definition) is 4. The van der Waals surface area contributed by atoms with Crippen LogP contribution in [0.15, 0.2) is 18.2 Å². The van der Waals surface area contributed by atoms with Gasteiger partial charge in [0.25, 0.3) is 0 Å². The molecule has 1 amide bonds. The van der Waals surface area contributed by atoms with E-state index in [1.54, 1.807) is 6.07 Å². The van der Waals surface area contributed by atoms with Gasteiger partial charge in [-0.3, -0.25) is 4.79 Å². The molecule has 0 aliphatic carbocycles. The van der Waals surface area contributed by atoms with Gasteiger partial charge in [-0.25, -0.2) is 4.39 Å². The van der Waals surface area contributed by atoms with Crippen molar-refractivity contribution in [3.05, 3.63) is 24.0 Å². The summed E-state index contributed by atoms with van der Waals surface area (Å²) in [5.41, 5.74) is 6.06. The lowest BCUT2D eigenvalue weighted by atomic mass is 10.1. The summed E-state index contributed by atoms with van der Waals surface area (Å²) < 4.78 is 13.8. The molecular weight excluding hydrogens is 249 g/mol. The fourth-order valence-corrected chi connectivity index (χ4v) is 2.13. The lowest BCUT2D eigenvalue weighted by Crippen LogP contribution is -2.35. The van der Waals surface area contributed by atoms with Crippen LogP contribution in [0.2, 0.25) is 0 Å². The molecule has 5 nitrogen and oxygen atoms in total. The van der Waals surface area contributed by atoms with Crippen molar-refractivity contribution in [3.63, 3.8) is 0 Å². The number of carbonyl (C=O) groups is 1. The molecule has 1 saturated heterocycles. The third-order valence-electron chi connectivity index (χ3n) is 3.24. The molecule has 0 spiro atoms. The van der Waals surface area contributed by atoms with E-state index in [9.17, 15) is 14.3 Å². The molecule has 104 valence electrons. The van der Waals surface area contributed by atoms with E-state index in [1.165, 1.54) is 12.1 Å². The summed E-state index contributed by atoms with van der Waals surface area (Å²) in [5, 5.41) is 11.8. The van der Waals surface area contributed by atoms with Crippen molar-refractivity contribution in [3.8, 4) is 0 Å². The third kappa shape index (κ3) is 3.42. The van der Waals surface area contributed by atoms with Crippen LogP contribution in [0.4, 0.5) is 15.8 Å². The smallest absolute Gasteiger partial charge is 0.238 e. The minimum Gasteiger partial charge on any atom is -0.393 e. The normalized spacial score (nSPS) is 16.5. The molecule has 6 heteroatoms. The summed E-state index contributed by atoms with van der Waals surface area (Å²) in [7, 11) is 0. The third-order valence-corrected chi connectivity index (χ3v) is 3.24. The Labute approximate surface area is 111 Å².